The minimum Gasteiger partial charge on any atom is -0.474 e. The highest BCUT2D eigenvalue weighted by Gasteiger charge is 2.30. The molecule has 12 heteroatoms. The van der Waals surface area contributed by atoms with Gasteiger partial charge in [-0.25, -0.2) is 28.2 Å². The molecule has 162 valence electrons. The molecule has 1 saturated heterocycles. The number of amides is 1. The molecule has 1 N–H and O–H groups in total. The predicted octanol–water partition coefficient (Wildman–Crippen LogP) is 1.91. The van der Waals surface area contributed by atoms with Crippen LogP contribution in [0.15, 0.2) is 29.6 Å². The Labute approximate surface area is 180 Å². The summed E-state index contributed by atoms with van der Waals surface area (Å²) in [7, 11) is -3.30. The monoisotopic (exact) mass is 455 g/mol. The van der Waals surface area contributed by atoms with Gasteiger partial charge in [-0.15, -0.1) is 12.4 Å². The summed E-state index contributed by atoms with van der Waals surface area (Å²) in [6.07, 6.45) is 4.83. The molecule has 0 bridgehead atoms. The van der Waals surface area contributed by atoms with E-state index >= 15 is 0 Å². The Balaban J connectivity index is 0.00000256. The Morgan fingerprint density at radius 3 is 2.50 bits per heavy atom. The lowest BCUT2D eigenvalue weighted by atomic mass is 10.1. The van der Waals surface area contributed by atoms with Crippen LogP contribution in [0.25, 0.3) is 0 Å². The second-order valence-electron chi connectivity index (χ2n) is 7.09. The molecule has 10 nitrogen and oxygen atoms in total. The molecule has 2 aromatic rings. The molecule has 0 aromatic carbocycles. The van der Waals surface area contributed by atoms with Crippen molar-refractivity contribution in [2.45, 2.75) is 30.3 Å². The summed E-state index contributed by atoms with van der Waals surface area (Å²) >= 11 is 0. The smallest absolute Gasteiger partial charge is 0.407 e. The summed E-state index contributed by atoms with van der Waals surface area (Å²) in [6.45, 7) is 1.51. The summed E-state index contributed by atoms with van der Waals surface area (Å²) in [6, 6.07) is 3.19. The third-order valence-corrected chi connectivity index (χ3v) is 6.24. The number of nitrogens with zero attached hydrogens (tertiary/aromatic N) is 5. The number of hydrogen-bond donors (Lipinski definition) is 1. The topological polar surface area (TPSA) is 126 Å². The summed E-state index contributed by atoms with van der Waals surface area (Å²) in [4.78, 5) is 27.4. The van der Waals surface area contributed by atoms with Crippen LogP contribution >= 0.6 is 12.4 Å². The minimum absolute atomic E-state index is 0. The molecule has 2 aliphatic heterocycles. The van der Waals surface area contributed by atoms with E-state index in [4.69, 9.17) is 9.84 Å². The number of fused-ring (bicyclic) bond motifs is 1. The van der Waals surface area contributed by atoms with Gasteiger partial charge in [-0.2, -0.15) is 0 Å². The number of anilines is 2. The molecule has 0 unspecified atom stereocenters. The van der Waals surface area contributed by atoms with Crippen molar-refractivity contribution in [1.29, 1.82) is 0 Å². The van der Waals surface area contributed by atoms with Crippen molar-refractivity contribution in [2.24, 2.45) is 0 Å². The summed E-state index contributed by atoms with van der Waals surface area (Å²) < 4.78 is 29.3. The molecular weight excluding hydrogens is 434 g/mol. The van der Waals surface area contributed by atoms with Crippen LogP contribution in [0, 0.1) is 0 Å². The number of halogens is 1. The lowest BCUT2D eigenvalue weighted by Gasteiger charge is -2.30. The Morgan fingerprint density at radius 1 is 1.17 bits per heavy atom. The zero-order chi connectivity index (χ0) is 20.6. The maximum atomic E-state index is 11.6. The molecule has 1 amide bonds. The van der Waals surface area contributed by atoms with E-state index in [1.165, 1.54) is 23.5 Å². The molecule has 0 atom stereocenters. The molecule has 2 aliphatic rings. The van der Waals surface area contributed by atoms with Gasteiger partial charge < -0.3 is 19.6 Å². The van der Waals surface area contributed by atoms with E-state index in [2.05, 4.69) is 15.0 Å². The Bertz CT molecular complexity index is 1030. The standard InChI is InChI=1S/C18H21N5O5S.ClH/c1-29(26,27)13-2-3-15(19-10-13)23-9-6-14-16(23)20-11-21-17(14)28-12-4-7-22(8-5-12)18(24)25;/h2-3,10-12H,4-9H2,1H3,(H,24,25);1H. The Kier molecular flexibility index (Phi) is 6.32. The average molecular weight is 456 g/mol. The second-order valence-corrected chi connectivity index (χ2v) is 9.11. The van der Waals surface area contributed by atoms with Gasteiger partial charge in [-0.1, -0.05) is 0 Å². The number of carboxylic acid groups (broad SMARTS) is 1. The van der Waals surface area contributed by atoms with Crippen molar-refractivity contribution < 1.29 is 23.1 Å². The van der Waals surface area contributed by atoms with Gasteiger partial charge in [0.25, 0.3) is 0 Å². The summed E-state index contributed by atoms with van der Waals surface area (Å²) in [5.74, 6) is 1.81. The van der Waals surface area contributed by atoms with E-state index < -0.39 is 15.9 Å². The van der Waals surface area contributed by atoms with Gasteiger partial charge in [-0.05, 0) is 18.6 Å². The first-order valence-corrected chi connectivity index (χ1v) is 11.1. The molecule has 1 fully saturated rings. The minimum atomic E-state index is -3.30. The van der Waals surface area contributed by atoms with E-state index in [1.807, 2.05) is 4.90 Å². The quantitative estimate of drug-likeness (QED) is 0.735. The summed E-state index contributed by atoms with van der Waals surface area (Å²) in [5.41, 5.74) is 0.877. The third kappa shape index (κ3) is 4.41. The second kappa shape index (κ2) is 8.60. The first-order chi connectivity index (χ1) is 13.8. The van der Waals surface area contributed by atoms with E-state index in [-0.39, 0.29) is 23.4 Å². The molecule has 2 aromatic heterocycles. The van der Waals surface area contributed by atoms with E-state index in [1.54, 1.807) is 6.07 Å². The SMILES string of the molecule is CS(=O)(=O)c1ccc(N2CCc3c(OC4CCN(C(=O)O)CC4)ncnc32)nc1.Cl. The maximum absolute atomic E-state index is 11.6. The highest BCUT2D eigenvalue weighted by atomic mass is 35.5. The third-order valence-electron chi connectivity index (χ3n) is 5.14. The number of piperidine rings is 1. The number of pyridine rings is 1. The number of ether oxygens (including phenoxy) is 1. The van der Waals surface area contributed by atoms with Gasteiger partial charge in [0, 0.05) is 44.9 Å². The molecule has 0 spiro atoms. The van der Waals surface area contributed by atoms with Crippen molar-refractivity contribution in [3.63, 3.8) is 0 Å². The fraction of sp³-hybridized carbons (Fsp3) is 0.444. The van der Waals surface area contributed by atoms with Crippen LogP contribution in [-0.2, 0) is 16.3 Å². The Morgan fingerprint density at radius 2 is 1.90 bits per heavy atom. The first kappa shape index (κ1) is 22.0. The van der Waals surface area contributed by atoms with Crippen molar-refractivity contribution >= 4 is 40.0 Å². The summed E-state index contributed by atoms with van der Waals surface area (Å²) in [5, 5.41) is 9.06. The van der Waals surface area contributed by atoms with E-state index in [0.29, 0.717) is 56.4 Å². The van der Waals surface area contributed by atoms with Gasteiger partial charge in [0.1, 0.15) is 24.1 Å². The van der Waals surface area contributed by atoms with Gasteiger partial charge >= 0.3 is 6.09 Å². The number of carbonyl (C=O) groups is 1. The molecule has 0 radical (unpaired) electrons. The van der Waals surface area contributed by atoms with E-state index in [9.17, 15) is 13.2 Å². The average Bonchev–Trinajstić information content (AvgIpc) is 3.13. The zero-order valence-corrected chi connectivity index (χ0v) is 17.9. The van der Waals surface area contributed by atoms with Crippen LogP contribution in [0.3, 0.4) is 0 Å². The van der Waals surface area contributed by atoms with Crippen molar-refractivity contribution in [3.05, 3.63) is 30.2 Å². The number of rotatable bonds is 4. The van der Waals surface area contributed by atoms with Gasteiger partial charge in [0.05, 0.1) is 10.5 Å². The fourth-order valence-electron chi connectivity index (χ4n) is 3.57. The lowest BCUT2D eigenvalue weighted by molar-refractivity contribution is 0.0865. The number of likely N-dealkylation sites (tertiary alicyclic amines) is 1. The molecule has 0 saturated carbocycles. The van der Waals surface area contributed by atoms with Crippen LogP contribution in [0.1, 0.15) is 18.4 Å². The first-order valence-electron chi connectivity index (χ1n) is 9.25. The van der Waals surface area contributed by atoms with Crippen molar-refractivity contribution in [3.8, 4) is 5.88 Å². The Hall–Kier alpha value is -2.66. The van der Waals surface area contributed by atoms with Crippen LogP contribution in [0.4, 0.5) is 16.4 Å². The number of sulfone groups is 1. The van der Waals surface area contributed by atoms with Crippen LogP contribution in [-0.4, -0.2) is 71.5 Å². The normalized spacial score (nSPS) is 16.7. The van der Waals surface area contributed by atoms with Gasteiger partial charge in [0.15, 0.2) is 9.84 Å². The molecule has 30 heavy (non-hydrogen) atoms. The molecule has 4 heterocycles. The maximum Gasteiger partial charge on any atom is 0.407 e. The predicted molar refractivity (Wildman–Crippen MR) is 111 cm³/mol. The van der Waals surface area contributed by atoms with E-state index in [0.717, 1.165) is 11.8 Å². The highest BCUT2D eigenvalue weighted by molar-refractivity contribution is 7.90. The zero-order valence-electron chi connectivity index (χ0n) is 16.3. The van der Waals surface area contributed by atoms with Gasteiger partial charge in [0.2, 0.25) is 5.88 Å². The van der Waals surface area contributed by atoms with Crippen molar-refractivity contribution in [2.75, 3.05) is 30.8 Å². The number of hydrogen-bond acceptors (Lipinski definition) is 8. The van der Waals surface area contributed by atoms with Crippen LogP contribution in [0.2, 0.25) is 0 Å². The van der Waals surface area contributed by atoms with Crippen molar-refractivity contribution in [1.82, 2.24) is 19.9 Å². The molecule has 0 aliphatic carbocycles. The molecular formula is C18H22ClN5O5S. The lowest BCUT2D eigenvalue weighted by Crippen LogP contribution is -2.41. The number of aromatic nitrogens is 3. The fourth-order valence-corrected chi connectivity index (χ4v) is 4.13. The van der Waals surface area contributed by atoms with Gasteiger partial charge in [-0.3, -0.25) is 0 Å². The molecule has 4 rings (SSSR count). The highest BCUT2D eigenvalue weighted by Crippen LogP contribution is 2.36. The van der Waals surface area contributed by atoms with Crippen LogP contribution in [0.5, 0.6) is 5.88 Å². The van der Waals surface area contributed by atoms with Crippen LogP contribution < -0.4 is 9.64 Å². The largest absolute Gasteiger partial charge is 0.474 e.